The fourth-order valence-electron chi connectivity index (χ4n) is 3.01. The highest BCUT2D eigenvalue weighted by Crippen LogP contribution is 2.17. The average molecular weight is 434 g/mol. The molecule has 0 radical (unpaired) electrons. The summed E-state index contributed by atoms with van der Waals surface area (Å²) in [5.41, 5.74) is 1.15. The number of hydrogen-bond acceptors (Lipinski definition) is 8. The van der Waals surface area contributed by atoms with E-state index in [4.69, 9.17) is 9.47 Å². The summed E-state index contributed by atoms with van der Waals surface area (Å²) in [7, 11) is 2.47. The van der Waals surface area contributed by atoms with E-state index in [-0.39, 0.29) is 11.8 Å². The normalized spacial score (nSPS) is 15.3. The van der Waals surface area contributed by atoms with E-state index in [1.165, 1.54) is 14.2 Å². The van der Waals surface area contributed by atoms with Crippen LogP contribution in [0.1, 0.15) is 26.3 Å². The zero-order valence-electron chi connectivity index (χ0n) is 18.8. The quantitative estimate of drug-likeness (QED) is 0.415. The topological polar surface area (TPSA) is 97.4 Å². The van der Waals surface area contributed by atoms with Gasteiger partial charge in [0.05, 0.1) is 20.3 Å². The van der Waals surface area contributed by atoms with E-state index in [1.54, 1.807) is 11.0 Å². The predicted molar refractivity (Wildman–Crippen MR) is 115 cm³/mol. The minimum atomic E-state index is -0.672. The molecule has 1 aromatic carbocycles. The van der Waals surface area contributed by atoms with E-state index >= 15 is 0 Å². The van der Waals surface area contributed by atoms with Crippen molar-refractivity contribution in [1.82, 2.24) is 9.80 Å². The van der Waals surface area contributed by atoms with Crippen LogP contribution >= 0.6 is 0 Å². The van der Waals surface area contributed by atoms with Crippen LogP contribution < -0.4 is 5.32 Å². The maximum Gasteiger partial charge on any atom is 0.410 e. The van der Waals surface area contributed by atoms with Crippen molar-refractivity contribution in [3.63, 3.8) is 0 Å². The molecule has 1 saturated heterocycles. The Morgan fingerprint density at radius 2 is 1.74 bits per heavy atom. The van der Waals surface area contributed by atoms with Gasteiger partial charge in [-0.05, 0) is 38.5 Å². The second-order valence-corrected chi connectivity index (χ2v) is 8.14. The Morgan fingerprint density at radius 3 is 2.32 bits per heavy atom. The molecular weight excluding hydrogens is 402 g/mol. The number of hydrogen-bond donors (Lipinski definition) is 1. The van der Waals surface area contributed by atoms with E-state index in [9.17, 15) is 14.4 Å². The first-order valence-electron chi connectivity index (χ1n) is 10.1. The molecule has 170 valence electrons. The van der Waals surface area contributed by atoms with Crippen LogP contribution in [0.2, 0.25) is 0 Å². The molecule has 1 fully saturated rings. The third-order valence-electron chi connectivity index (χ3n) is 4.50. The SMILES string of the molecule is COC(=O)/C=C(/Nc1cccc(CN2CCN(C(=O)OC(C)(C)C)CC2)c1)C(=O)OC. The zero-order valence-corrected chi connectivity index (χ0v) is 18.8. The molecule has 1 aliphatic rings. The summed E-state index contributed by atoms with van der Waals surface area (Å²) >= 11 is 0. The lowest BCUT2D eigenvalue weighted by molar-refractivity contribution is -0.138. The fraction of sp³-hybridized carbons (Fsp3) is 0.500. The van der Waals surface area contributed by atoms with Crippen molar-refractivity contribution in [2.24, 2.45) is 0 Å². The molecule has 9 heteroatoms. The van der Waals surface area contributed by atoms with Crippen molar-refractivity contribution in [2.45, 2.75) is 32.9 Å². The first-order chi connectivity index (χ1) is 14.6. The molecule has 0 atom stereocenters. The number of esters is 2. The smallest absolute Gasteiger partial charge is 0.410 e. The van der Waals surface area contributed by atoms with Gasteiger partial charge in [-0.2, -0.15) is 0 Å². The number of nitrogens with zero attached hydrogens (tertiary/aromatic N) is 2. The molecule has 9 nitrogen and oxygen atoms in total. The monoisotopic (exact) mass is 433 g/mol. The Kier molecular flexibility index (Phi) is 8.44. The van der Waals surface area contributed by atoms with Crippen molar-refractivity contribution in [1.29, 1.82) is 0 Å². The number of carbonyl (C=O) groups is 3. The summed E-state index contributed by atoms with van der Waals surface area (Å²) in [6.07, 6.45) is 0.764. The number of nitrogens with one attached hydrogen (secondary N) is 1. The van der Waals surface area contributed by atoms with Gasteiger partial charge in [-0.3, -0.25) is 4.90 Å². The number of piperazine rings is 1. The Bertz CT molecular complexity index is 823. The van der Waals surface area contributed by atoms with Gasteiger partial charge >= 0.3 is 18.0 Å². The second-order valence-electron chi connectivity index (χ2n) is 8.14. The molecule has 0 spiro atoms. The van der Waals surface area contributed by atoms with Gasteiger partial charge in [0.15, 0.2) is 0 Å². The molecule has 1 heterocycles. The fourth-order valence-corrected chi connectivity index (χ4v) is 3.01. The van der Waals surface area contributed by atoms with Gasteiger partial charge in [0, 0.05) is 38.4 Å². The van der Waals surface area contributed by atoms with Gasteiger partial charge in [-0.1, -0.05) is 12.1 Å². The van der Waals surface area contributed by atoms with Gasteiger partial charge in [-0.25, -0.2) is 14.4 Å². The second kappa shape index (κ2) is 10.8. The number of anilines is 1. The minimum absolute atomic E-state index is 0.0162. The van der Waals surface area contributed by atoms with Crippen molar-refractivity contribution in [3.8, 4) is 0 Å². The molecule has 0 bridgehead atoms. The van der Waals surface area contributed by atoms with E-state index in [2.05, 4.69) is 15.0 Å². The highest BCUT2D eigenvalue weighted by molar-refractivity contribution is 5.98. The molecule has 31 heavy (non-hydrogen) atoms. The van der Waals surface area contributed by atoms with Crippen LogP contribution in [0.3, 0.4) is 0 Å². The maximum absolute atomic E-state index is 12.2. The van der Waals surface area contributed by atoms with Gasteiger partial charge < -0.3 is 24.4 Å². The highest BCUT2D eigenvalue weighted by atomic mass is 16.6. The molecule has 1 aliphatic heterocycles. The zero-order chi connectivity index (χ0) is 23.0. The lowest BCUT2D eigenvalue weighted by Crippen LogP contribution is -2.49. The third-order valence-corrected chi connectivity index (χ3v) is 4.50. The highest BCUT2D eigenvalue weighted by Gasteiger charge is 2.25. The van der Waals surface area contributed by atoms with Crippen LogP contribution in [0, 0.1) is 0 Å². The Labute approximate surface area is 182 Å². The maximum atomic E-state index is 12.2. The first-order valence-corrected chi connectivity index (χ1v) is 10.1. The van der Waals surface area contributed by atoms with Crippen LogP contribution in [0.15, 0.2) is 36.0 Å². The van der Waals surface area contributed by atoms with E-state index in [1.807, 2.05) is 39.0 Å². The number of rotatable bonds is 6. The summed E-state index contributed by atoms with van der Waals surface area (Å²) in [5.74, 6) is -1.33. The number of carbonyl (C=O) groups excluding carboxylic acids is 3. The van der Waals surface area contributed by atoms with Crippen molar-refractivity contribution < 1.29 is 28.6 Å². The van der Waals surface area contributed by atoms with Gasteiger partial charge in [0.25, 0.3) is 0 Å². The summed E-state index contributed by atoms with van der Waals surface area (Å²) in [6, 6.07) is 7.53. The largest absolute Gasteiger partial charge is 0.466 e. The summed E-state index contributed by atoms with van der Waals surface area (Å²) in [5, 5.41) is 2.91. The minimum Gasteiger partial charge on any atom is -0.466 e. The molecule has 0 aliphatic carbocycles. The number of amides is 1. The average Bonchev–Trinajstić information content (AvgIpc) is 2.72. The molecule has 0 aromatic heterocycles. The van der Waals surface area contributed by atoms with Gasteiger partial charge in [0.2, 0.25) is 0 Å². The summed E-state index contributed by atoms with van der Waals surface area (Å²) in [4.78, 5) is 39.6. The lowest BCUT2D eigenvalue weighted by Gasteiger charge is -2.35. The van der Waals surface area contributed by atoms with Gasteiger partial charge in [-0.15, -0.1) is 0 Å². The molecule has 0 unspecified atom stereocenters. The lowest BCUT2D eigenvalue weighted by atomic mass is 10.1. The molecule has 1 amide bonds. The van der Waals surface area contributed by atoms with Crippen molar-refractivity contribution in [2.75, 3.05) is 45.7 Å². The van der Waals surface area contributed by atoms with Crippen LogP contribution in [-0.4, -0.2) is 73.8 Å². The molecule has 2 rings (SSSR count). The number of benzene rings is 1. The summed E-state index contributed by atoms with van der Waals surface area (Å²) < 4.78 is 14.7. The molecule has 1 aromatic rings. The summed E-state index contributed by atoms with van der Waals surface area (Å²) in [6.45, 7) is 8.91. The van der Waals surface area contributed by atoms with Crippen LogP contribution in [0.5, 0.6) is 0 Å². The molecular formula is C22H31N3O6. The Hall–Kier alpha value is -3.07. The third kappa shape index (κ3) is 7.93. The van der Waals surface area contributed by atoms with Gasteiger partial charge in [0.1, 0.15) is 11.3 Å². The molecule has 0 saturated carbocycles. The molecule has 1 N–H and O–H groups in total. The van der Waals surface area contributed by atoms with E-state index in [0.29, 0.717) is 25.3 Å². The van der Waals surface area contributed by atoms with Crippen LogP contribution in [0.4, 0.5) is 10.5 Å². The predicted octanol–water partition coefficient (Wildman–Crippen LogP) is 2.38. The van der Waals surface area contributed by atoms with Crippen molar-refractivity contribution >= 4 is 23.7 Å². The number of methoxy groups -OCH3 is 2. The van der Waals surface area contributed by atoms with Crippen LogP contribution in [-0.2, 0) is 30.3 Å². The standard InChI is InChI=1S/C22H31N3O6/c1-22(2,3)31-21(28)25-11-9-24(10-12-25)15-16-7-6-8-17(13-16)23-18(20(27)30-5)14-19(26)29-4/h6-8,13-14,23H,9-12,15H2,1-5H3/b18-14+. The Balaban J connectivity index is 1.97. The van der Waals surface area contributed by atoms with Crippen LogP contribution in [0.25, 0.3) is 0 Å². The Morgan fingerprint density at radius 1 is 1.06 bits per heavy atom. The van der Waals surface area contributed by atoms with Crippen molar-refractivity contribution in [3.05, 3.63) is 41.6 Å². The number of ether oxygens (including phenoxy) is 3. The van der Waals surface area contributed by atoms with E-state index < -0.39 is 17.5 Å². The first kappa shape index (κ1) is 24.2. The van der Waals surface area contributed by atoms with E-state index in [0.717, 1.165) is 24.7 Å².